The summed E-state index contributed by atoms with van der Waals surface area (Å²) in [7, 11) is 0. The summed E-state index contributed by atoms with van der Waals surface area (Å²) in [6, 6.07) is 19.3. The van der Waals surface area contributed by atoms with E-state index in [1.54, 1.807) is 0 Å². The lowest BCUT2D eigenvalue weighted by atomic mass is 9.94. The Morgan fingerprint density at radius 1 is 1.04 bits per heavy atom. The number of aromatic nitrogens is 1. The molecule has 2 aromatic carbocycles. The summed E-state index contributed by atoms with van der Waals surface area (Å²) in [6.07, 6.45) is 0.842. The van der Waals surface area contributed by atoms with Gasteiger partial charge in [0.2, 0.25) is 0 Å². The second-order valence-electron chi connectivity index (χ2n) is 6.72. The van der Waals surface area contributed by atoms with Crippen LogP contribution in [0.5, 0.6) is 0 Å². The van der Waals surface area contributed by atoms with E-state index in [1.807, 2.05) is 17.8 Å². The zero-order valence-electron chi connectivity index (χ0n) is 15.2. The summed E-state index contributed by atoms with van der Waals surface area (Å²) in [5.41, 5.74) is 6.15. The van der Waals surface area contributed by atoms with Gasteiger partial charge in [0.1, 0.15) is 0 Å². The Morgan fingerprint density at radius 2 is 1.92 bits per heavy atom. The van der Waals surface area contributed by atoms with Gasteiger partial charge in [-0.3, -0.25) is 9.98 Å². The van der Waals surface area contributed by atoms with E-state index in [0.29, 0.717) is 0 Å². The van der Waals surface area contributed by atoms with Gasteiger partial charge >= 0.3 is 0 Å². The molecule has 1 aliphatic rings. The van der Waals surface area contributed by atoms with Crippen LogP contribution in [0.4, 0.5) is 0 Å². The van der Waals surface area contributed by atoms with Crippen LogP contribution in [0.25, 0.3) is 10.9 Å². The number of hydrogen-bond donors (Lipinski definition) is 1. The number of para-hydroxylation sites is 1. The van der Waals surface area contributed by atoms with E-state index >= 15 is 0 Å². The highest BCUT2D eigenvalue weighted by Gasteiger charge is 2.19. The summed E-state index contributed by atoms with van der Waals surface area (Å²) >= 11 is 1.81. The first-order chi connectivity index (χ1) is 12.7. The summed E-state index contributed by atoms with van der Waals surface area (Å²) in [5.74, 6) is 1.07. The van der Waals surface area contributed by atoms with Crippen LogP contribution in [0.1, 0.15) is 28.4 Å². The van der Waals surface area contributed by atoms with Gasteiger partial charge in [0.25, 0.3) is 0 Å². The number of rotatable bonds is 4. The zero-order valence-corrected chi connectivity index (χ0v) is 16.0. The molecule has 0 spiro atoms. The fourth-order valence-corrected chi connectivity index (χ4v) is 4.18. The van der Waals surface area contributed by atoms with Gasteiger partial charge in [-0.15, -0.1) is 0 Å². The van der Waals surface area contributed by atoms with Crippen LogP contribution in [-0.4, -0.2) is 22.4 Å². The van der Waals surface area contributed by atoms with Gasteiger partial charge in [-0.2, -0.15) is 0 Å². The standard InChI is InChI=1S/C22H23N3S/c1-15-6-5-8-19(16(15)2)21(25-22-23-12-13-26-22)14-18-11-10-17-7-3-4-9-20(17)24-18/h3-11,21H,12-14H2,1-2H3,(H,23,25). The van der Waals surface area contributed by atoms with Crippen molar-refractivity contribution in [3.63, 3.8) is 0 Å². The maximum atomic E-state index is 4.88. The van der Waals surface area contributed by atoms with Gasteiger partial charge in [0.15, 0.2) is 5.17 Å². The molecule has 1 atom stereocenters. The second-order valence-corrected chi connectivity index (χ2v) is 7.80. The van der Waals surface area contributed by atoms with Crippen LogP contribution in [0.3, 0.4) is 0 Å². The van der Waals surface area contributed by atoms with Crippen LogP contribution >= 0.6 is 11.8 Å². The van der Waals surface area contributed by atoms with Crippen LogP contribution in [-0.2, 0) is 6.42 Å². The molecular weight excluding hydrogens is 338 g/mol. The number of fused-ring (bicyclic) bond motifs is 1. The minimum absolute atomic E-state index is 0.174. The first kappa shape index (κ1) is 17.1. The number of aliphatic imine (C=N–C) groups is 1. The number of pyridine rings is 1. The number of aryl methyl sites for hydroxylation is 1. The molecule has 1 N–H and O–H groups in total. The molecule has 2 heterocycles. The molecule has 132 valence electrons. The molecule has 0 aliphatic carbocycles. The topological polar surface area (TPSA) is 37.3 Å². The minimum atomic E-state index is 0.174. The van der Waals surface area contributed by atoms with Crippen LogP contribution in [0, 0.1) is 13.8 Å². The highest BCUT2D eigenvalue weighted by molar-refractivity contribution is 8.14. The predicted octanol–water partition coefficient (Wildman–Crippen LogP) is 4.83. The molecular formula is C22H23N3S. The number of hydrogen-bond acceptors (Lipinski definition) is 4. The van der Waals surface area contributed by atoms with Gasteiger partial charge in [-0.05, 0) is 42.7 Å². The van der Waals surface area contributed by atoms with Gasteiger partial charge in [-0.25, -0.2) is 0 Å². The smallest absolute Gasteiger partial charge is 0.157 e. The molecule has 3 aromatic rings. The van der Waals surface area contributed by atoms with E-state index in [-0.39, 0.29) is 6.04 Å². The molecule has 3 nitrogen and oxygen atoms in total. The highest BCUT2D eigenvalue weighted by Crippen LogP contribution is 2.26. The number of nitrogens with one attached hydrogen (secondary N) is 1. The Bertz CT molecular complexity index is 965. The van der Waals surface area contributed by atoms with E-state index in [2.05, 4.69) is 72.7 Å². The highest BCUT2D eigenvalue weighted by atomic mass is 32.2. The molecule has 4 heteroatoms. The fourth-order valence-electron chi connectivity index (χ4n) is 3.39. The molecule has 0 bridgehead atoms. The van der Waals surface area contributed by atoms with Crippen molar-refractivity contribution in [3.8, 4) is 0 Å². The van der Waals surface area contributed by atoms with Crippen molar-refractivity contribution in [1.82, 2.24) is 10.3 Å². The fraction of sp³-hybridized carbons (Fsp3) is 0.273. The Morgan fingerprint density at radius 3 is 2.77 bits per heavy atom. The van der Waals surface area contributed by atoms with Crippen molar-refractivity contribution >= 4 is 27.8 Å². The van der Waals surface area contributed by atoms with E-state index in [0.717, 1.165) is 35.1 Å². The van der Waals surface area contributed by atoms with Gasteiger partial charge in [0, 0.05) is 23.3 Å². The van der Waals surface area contributed by atoms with Crippen LogP contribution < -0.4 is 5.32 Å². The quantitative estimate of drug-likeness (QED) is 0.723. The van der Waals surface area contributed by atoms with Gasteiger partial charge in [0.05, 0.1) is 18.1 Å². The number of benzene rings is 2. The molecule has 4 rings (SSSR count). The summed E-state index contributed by atoms with van der Waals surface area (Å²) < 4.78 is 0. The summed E-state index contributed by atoms with van der Waals surface area (Å²) in [6.45, 7) is 5.28. The van der Waals surface area contributed by atoms with Crippen molar-refractivity contribution < 1.29 is 0 Å². The molecule has 1 aliphatic heterocycles. The minimum Gasteiger partial charge on any atom is -0.358 e. The van der Waals surface area contributed by atoms with Crippen LogP contribution in [0.15, 0.2) is 59.6 Å². The largest absolute Gasteiger partial charge is 0.358 e. The Hall–Kier alpha value is -2.33. The first-order valence-corrected chi connectivity index (χ1v) is 10.0. The predicted molar refractivity (Wildman–Crippen MR) is 112 cm³/mol. The molecule has 26 heavy (non-hydrogen) atoms. The van der Waals surface area contributed by atoms with Crippen molar-refractivity contribution in [3.05, 3.63) is 77.0 Å². The van der Waals surface area contributed by atoms with Crippen molar-refractivity contribution in [1.29, 1.82) is 0 Å². The van der Waals surface area contributed by atoms with Crippen molar-refractivity contribution in [2.75, 3.05) is 12.3 Å². The monoisotopic (exact) mass is 361 g/mol. The first-order valence-electron chi connectivity index (χ1n) is 9.05. The number of nitrogens with zero attached hydrogens (tertiary/aromatic N) is 2. The Balaban J connectivity index is 1.68. The van der Waals surface area contributed by atoms with Gasteiger partial charge in [-0.1, -0.05) is 54.2 Å². The maximum Gasteiger partial charge on any atom is 0.157 e. The Labute approximate surface area is 159 Å². The SMILES string of the molecule is Cc1cccc(C(Cc2ccc3ccccc3n2)NC2=NCCS2)c1C. The molecule has 1 aromatic heterocycles. The molecule has 0 radical (unpaired) electrons. The zero-order chi connectivity index (χ0) is 17.9. The lowest BCUT2D eigenvalue weighted by Gasteiger charge is -2.22. The number of amidine groups is 1. The lowest BCUT2D eigenvalue weighted by molar-refractivity contribution is 0.635. The van der Waals surface area contributed by atoms with E-state index < -0.39 is 0 Å². The average Bonchev–Trinajstić information content (AvgIpc) is 3.16. The molecule has 0 saturated heterocycles. The molecule has 0 saturated carbocycles. The lowest BCUT2D eigenvalue weighted by Crippen LogP contribution is -2.28. The normalized spacial score (nSPS) is 15.1. The molecule has 0 fully saturated rings. The molecule has 0 amide bonds. The third-order valence-corrected chi connectivity index (χ3v) is 5.88. The summed E-state index contributed by atoms with van der Waals surface area (Å²) in [4.78, 5) is 9.47. The van der Waals surface area contributed by atoms with Crippen molar-refractivity contribution in [2.24, 2.45) is 4.99 Å². The Kier molecular flexibility index (Phi) is 4.93. The van der Waals surface area contributed by atoms with Crippen molar-refractivity contribution in [2.45, 2.75) is 26.3 Å². The summed E-state index contributed by atoms with van der Waals surface area (Å²) in [5, 5.41) is 5.91. The third-order valence-electron chi connectivity index (χ3n) is 4.97. The maximum absolute atomic E-state index is 4.88. The van der Waals surface area contributed by atoms with Crippen LogP contribution in [0.2, 0.25) is 0 Å². The van der Waals surface area contributed by atoms with E-state index in [9.17, 15) is 0 Å². The van der Waals surface area contributed by atoms with E-state index in [1.165, 1.54) is 22.1 Å². The molecule has 1 unspecified atom stereocenters. The van der Waals surface area contributed by atoms with E-state index in [4.69, 9.17) is 4.98 Å². The number of thioether (sulfide) groups is 1. The third kappa shape index (κ3) is 3.61. The second kappa shape index (κ2) is 7.50. The average molecular weight is 362 g/mol. The van der Waals surface area contributed by atoms with Gasteiger partial charge < -0.3 is 5.32 Å².